The number of benzene rings is 1. The average Bonchev–Trinajstić information content (AvgIpc) is 3.22. The zero-order chi connectivity index (χ0) is 16.0. The van der Waals surface area contributed by atoms with E-state index in [4.69, 9.17) is 9.15 Å². The fourth-order valence-corrected chi connectivity index (χ4v) is 4.07. The summed E-state index contributed by atoms with van der Waals surface area (Å²) >= 11 is 0. The first-order valence-electron chi connectivity index (χ1n) is 8.44. The summed E-state index contributed by atoms with van der Waals surface area (Å²) in [6.45, 7) is 1.61. The quantitative estimate of drug-likeness (QED) is 0.828. The number of fused-ring (bicyclic) bond motifs is 3. The Labute approximate surface area is 141 Å². The Morgan fingerprint density at radius 3 is 2.96 bits per heavy atom. The van der Waals surface area contributed by atoms with E-state index in [0.717, 1.165) is 37.4 Å². The summed E-state index contributed by atoms with van der Waals surface area (Å²) in [5.41, 5.74) is 3.69. The second-order valence-corrected chi connectivity index (χ2v) is 6.73. The van der Waals surface area contributed by atoms with Gasteiger partial charge in [0.25, 0.3) is 0 Å². The lowest BCUT2D eigenvalue weighted by molar-refractivity contribution is 0.0850. The summed E-state index contributed by atoms with van der Waals surface area (Å²) in [6.07, 6.45) is 12.5. The number of ether oxygens (including phenoxy) is 1. The smallest absolute Gasteiger partial charge is 0.156 e. The van der Waals surface area contributed by atoms with E-state index in [1.165, 1.54) is 16.7 Å². The second kappa shape index (κ2) is 5.17. The van der Waals surface area contributed by atoms with Crippen molar-refractivity contribution in [2.45, 2.75) is 25.0 Å². The van der Waals surface area contributed by atoms with Gasteiger partial charge in [0.15, 0.2) is 5.60 Å². The third kappa shape index (κ3) is 2.12. The molecule has 1 atom stereocenters. The Hall–Kier alpha value is -2.68. The van der Waals surface area contributed by atoms with Crippen molar-refractivity contribution < 1.29 is 9.15 Å². The Morgan fingerprint density at radius 1 is 1.12 bits per heavy atom. The lowest BCUT2D eigenvalue weighted by Crippen LogP contribution is -2.50. The maximum absolute atomic E-state index is 6.54. The van der Waals surface area contributed by atoms with Crippen LogP contribution >= 0.6 is 0 Å². The number of furan rings is 1. The minimum absolute atomic E-state index is 0.287. The van der Waals surface area contributed by atoms with Crippen molar-refractivity contribution in [3.05, 3.63) is 89.6 Å². The molecule has 0 saturated heterocycles. The number of nitrogens with zero attached hydrogens (tertiary/aromatic N) is 1. The van der Waals surface area contributed by atoms with Gasteiger partial charge >= 0.3 is 0 Å². The molecule has 1 aromatic heterocycles. The Balaban J connectivity index is 1.54. The van der Waals surface area contributed by atoms with Crippen LogP contribution in [0.15, 0.2) is 82.7 Å². The molecule has 0 radical (unpaired) electrons. The monoisotopic (exact) mass is 317 g/mol. The van der Waals surface area contributed by atoms with Gasteiger partial charge in [-0.1, -0.05) is 36.4 Å². The van der Waals surface area contributed by atoms with Crippen LogP contribution < -0.4 is 4.74 Å². The SMILES string of the molecule is C1=CCC2=CN(Cc3ccco3)CC3(Cc4ccccc4O3)C2=C1. The summed E-state index contributed by atoms with van der Waals surface area (Å²) in [5, 5.41) is 0. The van der Waals surface area contributed by atoms with Crippen LogP contribution in [0.4, 0.5) is 0 Å². The van der Waals surface area contributed by atoms with Gasteiger partial charge in [0.1, 0.15) is 11.5 Å². The molecule has 0 fully saturated rings. The first kappa shape index (κ1) is 13.7. The van der Waals surface area contributed by atoms with Crippen LogP contribution in [0.5, 0.6) is 5.75 Å². The van der Waals surface area contributed by atoms with Gasteiger partial charge in [-0.15, -0.1) is 0 Å². The lowest BCUT2D eigenvalue weighted by atomic mass is 9.79. The van der Waals surface area contributed by atoms with E-state index in [1.54, 1.807) is 6.26 Å². The first-order valence-corrected chi connectivity index (χ1v) is 8.44. The summed E-state index contributed by atoms with van der Waals surface area (Å²) in [7, 11) is 0. The van der Waals surface area contributed by atoms with E-state index in [-0.39, 0.29) is 5.60 Å². The average molecular weight is 317 g/mol. The lowest BCUT2D eigenvalue weighted by Gasteiger charge is -2.42. The topological polar surface area (TPSA) is 25.6 Å². The molecule has 2 aliphatic heterocycles. The molecule has 1 aromatic carbocycles. The van der Waals surface area contributed by atoms with Crippen LogP contribution in [0.1, 0.15) is 17.7 Å². The molecular formula is C21H19NO2. The standard InChI is InChI=1S/C21H19NO2/c1-3-9-19-17(7-1)13-22(14-18-8-5-11-23-18)15-21(19)12-16-6-2-4-10-20(16)24-21/h1-6,8-11,13H,7,12,14-15H2. The van der Waals surface area contributed by atoms with Crippen LogP contribution in [0.25, 0.3) is 0 Å². The van der Waals surface area contributed by atoms with Crippen LogP contribution in [0, 0.1) is 0 Å². The molecule has 0 amide bonds. The fourth-order valence-electron chi connectivity index (χ4n) is 4.07. The van der Waals surface area contributed by atoms with Gasteiger partial charge in [0.2, 0.25) is 0 Å². The number of hydrogen-bond acceptors (Lipinski definition) is 3. The summed E-state index contributed by atoms with van der Waals surface area (Å²) in [5.74, 6) is 2.00. The molecule has 1 spiro atoms. The van der Waals surface area contributed by atoms with Crippen LogP contribution in [0.3, 0.4) is 0 Å². The van der Waals surface area contributed by atoms with Crippen molar-refractivity contribution in [1.29, 1.82) is 0 Å². The number of rotatable bonds is 2. The predicted octanol–water partition coefficient (Wildman–Crippen LogP) is 4.24. The summed E-state index contributed by atoms with van der Waals surface area (Å²) in [4.78, 5) is 2.33. The van der Waals surface area contributed by atoms with Crippen molar-refractivity contribution in [3.63, 3.8) is 0 Å². The zero-order valence-electron chi connectivity index (χ0n) is 13.4. The van der Waals surface area contributed by atoms with Gasteiger partial charge in [-0.05, 0) is 35.8 Å². The Morgan fingerprint density at radius 2 is 2.08 bits per heavy atom. The third-order valence-corrected chi connectivity index (χ3v) is 5.06. The van der Waals surface area contributed by atoms with Gasteiger partial charge in [0.05, 0.1) is 19.4 Å². The van der Waals surface area contributed by atoms with Gasteiger partial charge in [-0.3, -0.25) is 0 Å². The largest absolute Gasteiger partial charge is 0.480 e. The van der Waals surface area contributed by atoms with E-state index in [2.05, 4.69) is 47.5 Å². The molecule has 120 valence electrons. The van der Waals surface area contributed by atoms with Gasteiger partial charge < -0.3 is 14.1 Å². The molecule has 0 saturated carbocycles. The minimum Gasteiger partial charge on any atom is -0.480 e. The molecule has 5 rings (SSSR count). The normalized spacial score (nSPS) is 24.2. The molecule has 1 aliphatic carbocycles. The maximum Gasteiger partial charge on any atom is 0.156 e. The summed E-state index contributed by atoms with van der Waals surface area (Å²) in [6, 6.07) is 12.4. The molecule has 3 heterocycles. The second-order valence-electron chi connectivity index (χ2n) is 6.73. The van der Waals surface area contributed by atoms with Crippen molar-refractivity contribution in [2.24, 2.45) is 0 Å². The Bertz CT molecular complexity index is 833. The van der Waals surface area contributed by atoms with E-state index >= 15 is 0 Å². The molecule has 3 aliphatic rings. The molecule has 3 heteroatoms. The Kier molecular flexibility index (Phi) is 2.96. The molecule has 24 heavy (non-hydrogen) atoms. The van der Waals surface area contributed by atoms with Crippen LogP contribution in [-0.4, -0.2) is 17.0 Å². The van der Waals surface area contributed by atoms with Crippen LogP contribution in [0.2, 0.25) is 0 Å². The molecular weight excluding hydrogens is 298 g/mol. The van der Waals surface area contributed by atoms with E-state index in [1.807, 2.05) is 18.2 Å². The molecule has 1 unspecified atom stereocenters. The molecule has 3 nitrogen and oxygen atoms in total. The van der Waals surface area contributed by atoms with Gasteiger partial charge in [-0.25, -0.2) is 0 Å². The fraction of sp³-hybridized carbons (Fsp3) is 0.238. The first-order chi connectivity index (χ1) is 11.8. The summed E-state index contributed by atoms with van der Waals surface area (Å²) < 4.78 is 12.1. The molecule has 2 aromatic rings. The molecule has 0 N–H and O–H groups in total. The number of hydrogen-bond donors (Lipinski definition) is 0. The highest BCUT2D eigenvalue weighted by atomic mass is 16.5. The van der Waals surface area contributed by atoms with Gasteiger partial charge in [-0.2, -0.15) is 0 Å². The van der Waals surface area contributed by atoms with Crippen molar-refractivity contribution in [2.75, 3.05) is 6.54 Å². The highest BCUT2D eigenvalue weighted by Gasteiger charge is 2.47. The zero-order valence-corrected chi connectivity index (χ0v) is 13.4. The highest BCUT2D eigenvalue weighted by Crippen LogP contribution is 2.45. The van der Waals surface area contributed by atoms with E-state index in [9.17, 15) is 0 Å². The molecule has 0 bridgehead atoms. The van der Waals surface area contributed by atoms with Crippen LogP contribution in [-0.2, 0) is 13.0 Å². The van der Waals surface area contributed by atoms with Gasteiger partial charge in [0, 0.05) is 18.2 Å². The predicted molar refractivity (Wildman–Crippen MR) is 92.5 cm³/mol. The minimum atomic E-state index is -0.287. The van der Waals surface area contributed by atoms with Crippen molar-refractivity contribution >= 4 is 0 Å². The van der Waals surface area contributed by atoms with E-state index in [0.29, 0.717) is 0 Å². The number of allylic oxidation sites excluding steroid dienone is 3. The van der Waals surface area contributed by atoms with E-state index < -0.39 is 0 Å². The number of para-hydroxylation sites is 1. The van der Waals surface area contributed by atoms with Crippen molar-refractivity contribution in [3.8, 4) is 5.75 Å². The highest BCUT2D eigenvalue weighted by molar-refractivity contribution is 5.53. The third-order valence-electron chi connectivity index (χ3n) is 5.06. The maximum atomic E-state index is 6.54. The van der Waals surface area contributed by atoms with Crippen molar-refractivity contribution in [1.82, 2.24) is 4.90 Å².